The van der Waals surface area contributed by atoms with Gasteiger partial charge in [-0.15, -0.1) is 0 Å². The van der Waals surface area contributed by atoms with Crippen molar-refractivity contribution in [2.75, 3.05) is 20.1 Å². The minimum atomic E-state index is -1.78. The lowest BCUT2D eigenvalue weighted by Gasteiger charge is -2.37. The number of amides is 2. The van der Waals surface area contributed by atoms with Crippen molar-refractivity contribution in [1.82, 2.24) is 15.1 Å². The van der Waals surface area contributed by atoms with Gasteiger partial charge in [-0.05, 0) is 62.0 Å². The van der Waals surface area contributed by atoms with Gasteiger partial charge >= 0.3 is 6.03 Å². The number of carbonyl (C=O) groups excluding carboxylic acids is 1. The summed E-state index contributed by atoms with van der Waals surface area (Å²) in [4.78, 5) is 16.9. The fourth-order valence-electron chi connectivity index (χ4n) is 3.67. The van der Waals surface area contributed by atoms with E-state index >= 15 is 0 Å². The zero-order valence-electron chi connectivity index (χ0n) is 18.1. The number of nitrogens with one attached hydrogen (secondary N) is 1. The molecule has 162 valence electrons. The van der Waals surface area contributed by atoms with Crippen LogP contribution < -0.4 is 10.1 Å². The maximum atomic E-state index is 14.3. The summed E-state index contributed by atoms with van der Waals surface area (Å²) in [6, 6.07) is 9.85. The van der Waals surface area contributed by atoms with E-state index in [-0.39, 0.29) is 30.7 Å². The van der Waals surface area contributed by atoms with E-state index in [4.69, 9.17) is 28.3 Å². The fraction of sp³-hybridized carbons (Fsp3) is 0.409. The van der Waals surface area contributed by atoms with E-state index in [9.17, 15) is 13.6 Å². The zero-order valence-corrected chi connectivity index (χ0v) is 18.1. The van der Waals surface area contributed by atoms with E-state index in [0.29, 0.717) is 5.75 Å². The molecular weight excluding hydrogens is 409 g/mol. The topological polar surface area (TPSA) is 44.8 Å². The molecule has 1 aliphatic rings. The highest BCUT2D eigenvalue weighted by Crippen LogP contribution is 2.21. The number of urea groups is 1. The summed E-state index contributed by atoms with van der Waals surface area (Å²) in [7, 11) is 18.3. The largest absolute Gasteiger partial charge is 0.516 e. The molecule has 10 heteroatoms. The van der Waals surface area contributed by atoms with Crippen molar-refractivity contribution in [1.29, 1.82) is 0 Å². The van der Waals surface area contributed by atoms with Crippen molar-refractivity contribution >= 4 is 29.6 Å². The van der Waals surface area contributed by atoms with Crippen LogP contribution >= 0.6 is 0 Å². The lowest BCUT2D eigenvalue weighted by molar-refractivity contribution is 0.126. The number of halogens is 2. The Morgan fingerprint density at radius 1 is 1.16 bits per heavy atom. The number of ether oxygens (including phenoxy) is 1. The smallest absolute Gasteiger partial charge is 0.318 e. The van der Waals surface area contributed by atoms with Gasteiger partial charge in [0.05, 0.1) is 6.54 Å². The molecule has 1 saturated heterocycles. The minimum Gasteiger partial charge on any atom is -0.516 e. The second-order valence-electron chi connectivity index (χ2n) is 8.16. The molecule has 0 atom stereocenters. The van der Waals surface area contributed by atoms with Crippen LogP contribution in [0.1, 0.15) is 24.0 Å². The molecular formula is C22H24B3F2N3O2. The third-order valence-electron chi connectivity index (χ3n) is 5.41. The average molecular weight is 433 g/mol. The number of benzene rings is 2. The maximum absolute atomic E-state index is 14.3. The van der Waals surface area contributed by atoms with Gasteiger partial charge in [-0.2, -0.15) is 0 Å². The van der Waals surface area contributed by atoms with Gasteiger partial charge in [0.15, 0.2) is 0 Å². The number of likely N-dealkylation sites (tertiary alicyclic amines) is 1. The van der Waals surface area contributed by atoms with E-state index in [2.05, 4.69) is 10.2 Å². The van der Waals surface area contributed by atoms with E-state index in [1.807, 2.05) is 7.05 Å². The molecule has 0 aromatic heterocycles. The summed E-state index contributed by atoms with van der Waals surface area (Å²) < 4.78 is 32.7. The Hall–Kier alpha value is -2.48. The van der Waals surface area contributed by atoms with Gasteiger partial charge in [-0.25, -0.2) is 13.6 Å². The Balaban J connectivity index is 1.67. The molecule has 0 saturated carbocycles. The number of carbonyl (C=O) groups is 1. The Morgan fingerprint density at radius 2 is 1.81 bits per heavy atom. The molecule has 2 amide bonds. The van der Waals surface area contributed by atoms with Crippen LogP contribution in [-0.2, 0) is 13.1 Å². The summed E-state index contributed by atoms with van der Waals surface area (Å²) in [6.45, 7) is 2.00. The minimum absolute atomic E-state index is 0.0433. The van der Waals surface area contributed by atoms with Gasteiger partial charge < -0.3 is 19.9 Å². The predicted molar refractivity (Wildman–Crippen MR) is 122 cm³/mol. The van der Waals surface area contributed by atoms with Crippen molar-refractivity contribution in [3.05, 3.63) is 65.2 Å². The maximum Gasteiger partial charge on any atom is 0.318 e. The highest BCUT2D eigenvalue weighted by Gasteiger charge is 2.28. The van der Waals surface area contributed by atoms with E-state index in [0.717, 1.165) is 37.6 Å². The van der Waals surface area contributed by atoms with Crippen molar-refractivity contribution < 1.29 is 18.3 Å². The fourth-order valence-corrected chi connectivity index (χ4v) is 3.67. The summed E-state index contributed by atoms with van der Waals surface area (Å²) in [5.74, 6) is -0.917. The van der Waals surface area contributed by atoms with Crippen LogP contribution in [0.4, 0.5) is 13.6 Å². The van der Waals surface area contributed by atoms with Gasteiger partial charge in [0, 0.05) is 24.2 Å². The second kappa shape index (κ2) is 10.4. The molecule has 2 aromatic rings. The van der Waals surface area contributed by atoms with Crippen molar-refractivity contribution in [2.24, 2.45) is 0 Å². The van der Waals surface area contributed by atoms with Crippen LogP contribution in [0.15, 0.2) is 42.5 Å². The predicted octanol–water partition coefficient (Wildman–Crippen LogP) is 2.27. The standard InChI is InChI=1S/C22H24B3F2N3O2/c1-29-10-8-18(9-11-29)30(14-16-4-5-17(26)12-20(16)27)21(31)28-13-15-2-6-19(7-3-15)32-22(23,24)25/h2-7,12,18H,8-11,13-14H2,1H3,(H,28,31). The lowest BCUT2D eigenvalue weighted by atomic mass is 9.52. The summed E-state index contributed by atoms with van der Waals surface area (Å²) in [6.07, 6.45) is 1.55. The third-order valence-corrected chi connectivity index (χ3v) is 5.41. The first kappa shape index (κ1) is 24.2. The van der Waals surface area contributed by atoms with Crippen LogP contribution in [0, 0.1) is 11.6 Å². The van der Waals surface area contributed by atoms with Crippen LogP contribution in [0.3, 0.4) is 0 Å². The molecule has 0 unspecified atom stereocenters. The molecule has 1 aliphatic heterocycles. The Bertz CT molecular complexity index is 918. The lowest BCUT2D eigenvalue weighted by Crippen LogP contribution is -2.49. The SMILES string of the molecule is [B]C([B])([B])Oc1ccc(CNC(=O)N(Cc2ccc(F)cc2F)C2CCN(C)CC2)cc1. The van der Waals surface area contributed by atoms with Gasteiger partial charge in [0.1, 0.15) is 40.9 Å². The van der Waals surface area contributed by atoms with Gasteiger partial charge in [-0.3, -0.25) is 0 Å². The van der Waals surface area contributed by atoms with Crippen molar-refractivity contribution in [2.45, 2.75) is 37.3 Å². The first-order chi connectivity index (χ1) is 15.1. The first-order valence-corrected chi connectivity index (χ1v) is 10.4. The Morgan fingerprint density at radius 3 is 2.41 bits per heavy atom. The molecule has 0 aliphatic carbocycles. The van der Waals surface area contributed by atoms with Crippen molar-refractivity contribution in [3.8, 4) is 5.75 Å². The average Bonchev–Trinajstić information content (AvgIpc) is 2.72. The zero-order chi connectivity index (χ0) is 23.3. The molecule has 2 aromatic carbocycles. The molecule has 6 radical (unpaired) electrons. The molecule has 5 nitrogen and oxygen atoms in total. The van der Waals surface area contributed by atoms with Gasteiger partial charge in [0.2, 0.25) is 0 Å². The van der Waals surface area contributed by atoms with Crippen LogP contribution in [-0.4, -0.2) is 70.8 Å². The van der Waals surface area contributed by atoms with Gasteiger partial charge in [-0.1, -0.05) is 18.2 Å². The molecule has 32 heavy (non-hydrogen) atoms. The Kier molecular flexibility index (Phi) is 7.88. The molecule has 0 bridgehead atoms. The number of hydrogen-bond acceptors (Lipinski definition) is 3. The highest BCUT2D eigenvalue weighted by molar-refractivity contribution is 6.58. The highest BCUT2D eigenvalue weighted by atomic mass is 19.1. The molecule has 1 fully saturated rings. The third kappa shape index (κ3) is 7.02. The summed E-state index contributed by atoms with van der Waals surface area (Å²) >= 11 is 0. The van der Waals surface area contributed by atoms with E-state index in [1.54, 1.807) is 29.2 Å². The first-order valence-electron chi connectivity index (χ1n) is 10.4. The normalized spacial score (nSPS) is 15.3. The number of piperidine rings is 1. The van der Waals surface area contributed by atoms with Crippen LogP contribution in [0.2, 0.25) is 0 Å². The Labute approximate surface area is 191 Å². The number of rotatable bonds is 7. The quantitative estimate of drug-likeness (QED) is 0.683. The van der Waals surface area contributed by atoms with E-state index < -0.39 is 16.9 Å². The van der Waals surface area contributed by atoms with Gasteiger partial charge in [0.25, 0.3) is 0 Å². The van der Waals surface area contributed by atoms with Crippen LogP contribution in [0.25, 0.3) is 0 Å². The molecule has 0 spiro atoms. The monoisotopic (exact) mass is 433 g/mol. The summed E-state index contributed by atoms with van der Waals surface area (Å²) in [5.41, 5.74) is 1.09. The number of hydrogen-bond donors (Lipinski definition) is 1. The second-order valence-corrected chi connectivity index (χ2v) is 8.16. The number of nitrogens with zero attached hydrogens (tertiary/aromatic N) is 2. The van der Waals surface area contributed by atoms with E-state index in [1.165, 1.54) is 12.1 Å². The van der Waals surface area contributed by atoms with Crippen molar-refractivity contribution in [3.63, 3.8) is 0 Å². The molecule has 3 rings (SSSR count). The molecule has 1 N–H and O–H groups in total. The van der Waals surface area contributed by atoms with Crippen LogP contribution in [0.5, 0.6) is 5.75 Å². The summed E-state index contributed by atoms with van der Waals surface area (Å²) in [5, 5.41) is 1.11. The molecule has 1 heterocycles.